The van der Waals surface area contributed by atoms with E-state index in [0.29, 0.717) is 6.54 Å². The summed E-state index contributed by atoms with van der Waals surface area (Å²) >= 11 is 3.38. The van der Waals surface area contributed by atoms with E-state index in [0.717, 1.165) is 5.33 Å². The van der Waals surface area contributed by atoms with Crippen LogP contribution in [0.5, 0.6) is 0 Å². The molecular weight excluding hydrogens is 190 g/mol. The predicted octanol–water partition coefficient (Wildman–Crippen LogP) is 2.04. The van der Waals surface area contributed by atoms with Crippen molar-refractivity contribution in [2.45, 2.75) is 11.9 Å². The fourth-order valence-electron chi connectivity index (χ4n) is 0.840. The summed E-state index contributed by atoms with van der Waals surface area (Å²) in [6.07, 6.45) is 0. The Morgan fingerprint density at radius 2 is 2.00 bits per heavy atom. The molecule has 0 atom stereocenters. The second kappa shape index (κ2) is 3.74. The lowest BCUT2D eigenvalue weighted by Crippen LogP contribution is -1.95. The monoisotopic (exact) mass is 199 g/mol. The minimum atomic E-state index is 0.626. The topological polar surface area (TPSA) is 26.0 Å². The number of hydrogen-bond acceptors (Lipinski definition) is 1. The molecule has 2 heteroatoms. The lowest BCUT2D eigenvalue weighted by molar-refractivity contribution is 1.07. The molecule has 2 N–H and O–H groups in total. The standard InChI is InChI=1S/C8H10BrN/c9-5-7-2-1-3-8(4-7)6-10/h1-4H,5-6,10H2. The van der Waals surface area contributed by atoms with Crippen molar-refractivity contribution in [1.82, 2.24) is 0 Å². The fourth-order valence-corrected chi connectivity index (χ4v) is 1.19. The van der Waals surface area contributed by atoms with Gasteiger partial charge >= 0.3 is 0 Å². The number of nitrogens with two attached hydrogens (primary N) is 1. The van der Waals surface area contributed by atoms with Crippen LogP contribution in [-0.2, 0) is 11.9 Å². The Bertz CT molecular complexity index is 191. The van der Waals surface area contributed by atoms with Crippen LogP contribution in [-0.4, -0.2) is 0 Å². The highest BCUT2D eigenvalue weighted by Gasteiger charge is 1.90. The molecule has 10 heavy (non-hydrogen) atoms. The highest BCUT2D eigenvalue weighted by atomic mass is 79.9. The van der Waals surface area contributed by atoms with Gasteiger partial charge in [0.25, 0.3) is 0 Å². The number of halogens is 1. The normalized spacial score (nSPS) is 9.80. The molecule has 1 rings (SSSR count). The Labute approximate surface area is 69.4 Å². The fraction of sp³-hybridized carbons (Fsp3) is 0.250. The molecule has 0 unspecified atom stereocenters. The first-order valence-electron chi connectivity index (χ1n) is 3.20. The van der Waals surface area contributed by atoms with Gasteiger partial charge in [0.15, 0.2) is 0 Å². The Kier molecular flexibility index (Phi) is 2.90. The van der Waals surface area contributed by atoms with E-state index in [4.69, 9.17) is 5.73 Å². The molecular formula is C8H10BrN. The number of hydrogen-bond donors (Lipinski definition) is 1. The molecule has 0 radical (unpaired) electrons. The molecule has 1 aromatic rings. The van der Waals surface area contributed by atoms with Crippen LogP contribution < -0.4 is 5.73 Å². The van der Waals surface area contributed by atoms with Gasteiger partial charge in [-0.3, -0.25) is 0 Å². The summed E-state index contributed by atoms with van der Waals surface area (Å²) in [7, 11) is 0. The molecule has 0 aliphatic heterocycles. The Morgan fingerprint density at radius 3 is 2.60 bits per heavy atom. The molecule has 1 nitrogen and oxygen atoms in total. The van der Waals surface area contributed by atoms with E-state index in [1.54, 1.807) is 0 Å². The lowest BCUT2D eigenvalue weighted by atomic mass is 10.1. The maximum atomic E-state index is 5.46. The van der Waals surface area contributed by atoms with Crippen molar-refractivity contribution in [3.05, 3.63) is 35.4 Å². The molecule has 54 valence electrons. The lowest BCUT2D eigenvalue weighted by Gasteiger charge is -1.97. The highest BCUT2D eigenvalue weighted by molar-refractivity contribution is 9.08. The molecule has 0 fully saturated rings. The van der Waals surface area contributed by atoms with E-state index in [-0.39, 0.29) is 0 Å². The van der Waals surface area contributed by atoms with E-state index in [1.165, 1.54) is 11.1 Å². The summed E-state index contributed by atoms with van der Waals surface area (Å²) in [4.78, 5) is 0. The van der Waals surface area contributed by atoms with Gasteiger partial charge in [0.05, 0.1) is 0 Å². The molecule has 0 saturated carbocycles. The molecule has 1 aromatic carbocycles. The summed E-state index contributed by atoms with van der Waals surface area (Å²) in [6.45, 7) is 0.626. The molecule has 0 heterocycles. The zero-order chi connectivity index (χ0) is 7.40. The van der Waals surface area contributed by atoms with Gasteiger partial charge in [-0.2, -0.15) is 0 Å². The SMILES string of the molecule is NCc1cccc(CBr)c1. The molecule has 0 saturated heterocycles. The Hall–Kier alpha value is -0.340. The van der Waals surface area contributed by atoms with Crippen LogP contribution in [0.15, 0.2) is 24.3 Å². The minimum absolute atomic E-state index is 0.626. The molecule has 0 aliphatic rings. The van der Waals surface area contributed by atoms with Gasteiger partial charge in [-0.05, 0) is 11.1 Å². The summed E-state index contributed by atoms with van der Waals surface area (Å²) in [5.41, 5.74) is 7.93. The van der Waals surface area contributed by atoms with Crippen LogP contribution in [0.1, 0.15) is 11.1 Å². The van der Waals surface area contributed by atoms with Crippen LogP contribution in [0.4, 0.5) is 0 Å². The minimum Gasteiger partial charge on any atom is -0.326 e. The van der Waals surface area contributed by atoms with Crippen molar-refractivity contribution in [2.75, 3.05) is 0 Å². The van der Waals surface area contributed by atoms with Gasteiger partial charge in [-0.15, -0.1) is 0 Å². The van der Waals surface area contributed by atoms with Gasteiger partial charge in [0.1, 0.15) is 0 Å². The third-order valence-corrected chi connectivity index (χ3v) is 2.03. The summed E-state index contributed by atoms with van der Waals surface area (Å²) < 4.78 is 0. The molecule has 0 aliphatic carbocycles. The number of benzene rings is 1. The van der Waals surface area contributed by atoms with Gasteiger partial charge in [-0.1, -0.05) is 40.2 Å². The van der Waals surface area contributed by atoms with Crippen molar-refractivity contribution in [3.8, 4) is 0 Å². The third kappa shape index (κ3) is 1.82. The van der Waals surface area contributed by atoms with Crippen LogP contribution in [0.25, 0.3) is 0 Å². The van der Waals surface area contributed by atoms with Crippen molar-refractivity contribution in [2.24, 2.45) is 5.73 Å². The van der Waals surface area contributed by atoms with Gasteiger partial charge in [-0.25, -0.2) is 0 Å². The van der Waals surface area contributed by atoms with E-state index in [1.807, 2.05) is 12.1 Å². The maximum Gasteiger partial charge on any atom is 0.0283 e. The Balaban J connectivity index is 2.87. The first-order valence-corrected chi connectivity index (χ1v) is 4.33. The van der Waals surface area contributed by atoms with Crippen LogP contribution in [0.2, 0.25) is 0 Å². The van der Waals surface area contributed by atoms with E-state index in [2.05, 4.69) is 28.1 Å². The van der Waals surface area contributed by atoms with Gasteiger partial charge < -0.3 is 5.73 Å². The molecule has 0 bridgehead atoms. The van der Waals surface area contributed by atoms with Gasteiger partial charge in [0, 0.05) is 11.9 Å². The number of rotatable bonds is 2. The molecule has 0 aromatic heterocycles. The smallest absolute Gasteiger partial charge is 0.0283 e. The zero-order valence-electron chi connectivity index (χ0n) is 5.68. The second-order valence-electron chi connectivity index (χ2n) is 2.16. The summed E-state index contributed by atoms with van der Waals surface area (Å²) in [5.74, 6) is 0. The van der Waals surface area contributed by atoms with Crippen molar-refractivity contribution >= 4 is 15.9 Å². The van der Waals surface area contributed by atoms with E-state index in [9.17, 15) is 0 Å². The van der Waals surface area contributed by atoms with Crippen LogP contribution >= 0.6 is 15.9 Å². The maximum absolute atomic E-state index is 5.46. The first-order chi connectivity index (χ1) is 4.86. The molecule has 0 amide bonds. The third-order valence-electron chi connectivity index (χ3n) is 1.38. The average molecular weight is 200 g/mol. The quantitative estimate of drug-likeness (QED) is 0.726. The average Bonchev–Trinajstić information content (AvgIpc) is 2.05. The van der Waals surface area contributed by atoms with Crippen LogP contribution in [0, 0.1) is 0 Å². The van der Waals surface area contributed by atoms with Crippen molar-refractivity contribution < 1.29 is 0 Å². The van der Waals surface area contributed by atoms with E-state index < -0.39 is 0 Å². The summed E-state index contributed by atoms with van der Waals surface area (Å²) in [5, 5.41) is 0.904. The first kappa shape index (κ1) is 7.76. The highest BCUT2D eigenvalue weighted by Crippen LogP contribution is 2.07. The van der Waals surface area contributed by atoms with E-state index >= 15 is 0 Å². The zero-order valence-corrected chi connectivity index (χ0v) is 7.26. The van der Waals surface area contributed by atoms with Crippen molar-refractivity contribution in [1.29, 1.82) is 0 Å². The number of alkyl halides is 1. The Morgan fingerprint density at radius 1 is 1.30 bits per heavy atom. The second-order valence-corrected chi connectivity index (χ2v) is 2.72. The molecule has 0 spiro atoms. The summed E-state index contributed by atoms with van der Waals surface area (Å²) in [6, 6.07) is 8.24. The largest absolute Gasteiger partial charge is 0.326 e. The predicted molar refractivity (Wildman–Crippen MR) is 47.0 cm³/mol. The van der Waals surface area contributed by atoms with Crippen molar-refractivity contribution in [3.63, 3.8) is 0 Å². The van der Waals surface area contributed by atoms with Crippen LogP contribution in [0.3, 0.4) is 0 Å². The van der Waals surface area contributed by atoms with Gasteiger partial charge in [0.2, 0.25) is 0 Å².